The van der Waals surface area contributed by atoms with E-state index in [9.17, 15) is 44.7 Å². The zero-order valence-corrected chi connectivity index (χ0v) is 33.5. The predicted molar refractivity (Wildman–Crippen MR) is 206 cm³/mol. The number of esters is 1. The highest BCUT2D eigenvalue weighted by molar-refractivity contribution is 5.98. The molecule has 5 unspecified atom stereocenters. The highest BCUT2D eigenvalue weighted by atomic mass is 16.5. The van der Waals surface area contributed by atoms with Crippen LogP contribution in [0.4, 0.5) is 0 Å². The first-order chi connectivity index (χ1) is 24.9. The molecule has 10 nitrogen and oxygen atoms in total. The predicted octanol–water partition coefficient (Wildman–Crippen LogP) is 7.78. The molecule has 0 rings (SSSR count). The molecule has 0 radical (unpaired) electrons. The number of carbonyl (C=O) groups is 4. The van der Waals surface area contributed by atoms with Crippen molar-refractivity contribution in [3.05, 3.63) is 0 Å². The molecule has 0 aliphatic rings. The molecular formula is C42H78O10. The second-order valence-electron chi connectivity index (χ2n) is 15.0. The number of aliphatic hydroxyl groups is 5. The number of ketones is 3. The molecule has 0 saturated carbocycles. The van der Waals surface area contributed by atoms with Crippen molar-refractivity contribution in [1.29, 1.82) is 0 Å². The average Bonchev–Trinajstić information content (AvgIpc) is 3.14. The van der Waals surface area contributed by atoms with E-state index in [0.717, 1.165) is 109 Å². The van der Waals surface area contributed by atoms with Crippen molar-refractivity contribution in [1.82, 2.24) is 0 Å². The SMILES string of the molecule is CCCCCCCCC(=O)OCC(O)C(O)(C(=O)CCCCCCCC)C(O)C(O)(C(=O)CCCCCCCC)C(O)C(=O)CCCCCCCC. The summed E-state index contributed by atoms with van der Waals surface area (Å²) >= 11 is 0. The van der Waals surface area contributed by atoms with Crippen molar-refractivity contribution in [2.45, 2.75) is 237 Å². The molecule has 0 aliphatic carbocycles. The highest BCUT2D eigenvalue weighted by Crippen LogP contribution is 2.34. The second-order valence-corrected chi connectivity index (χ2v) is 15.0. The molecule has 0 saturated heterocycles. The number of Topliss-reactive ketones (excluding diaryl/α,β-unsaturated/α-hetero) is 3. The molecule has 0 aromatic heterocycles. The Balaban J connectivity index is 6.27. The van der Waals surface area contributed by atoms with E-state index >= 15 is 0 Å². The molecule has 5 N–H and O–H groups in total. The van der Waals surface area contributed by atoms with Crippen LogP contribution in [0.1, 0.15) is 207 Å². The summed E-state index contributed by atoms with van der Waals surface area (Å²) < 4.78 is 5.23. The Bertz CT molecular complexity index is 955. The normalized spacial score (nSPS) is 15.7. The van der Waals surface area contributed by atoms with Crippen LogP contribution in [0.25, 0.3) is 0 Å². The fourth-order valence-electron chi connectivity index (χ4n) is 6.73. The summed E-state index contributed by atoms with van der Waals surface area (Å²) in [5.74, 6) is -3.74. The van der Waals surface area contributed by atoms with Gasteiger partial charge in [-0.1, -0.05) is 156 Å². The zero-order valence-electron chi connectivity index (χ0n) is 33.5. The number of rotatable bonds is 37. The van der Waals surface area contributed by atoms with E-state index in [4.69, 9.17) is 4.74 Å². The van der Waals surface area contributed by atoms with Gasteiger partial charge in [0.25, 0.3) is 0 Å². The van der Waals surface area contributed by atoms with Crippen LogP contribution in [0.2, 0.25) is 0 Å². The van der Waals surface area contributed by atoms with Gasteiger partial charge in [-0.2, -0.15) is 0 Å². The van der Waals surface area contributed by atoms with E-state index in [0.29, 0.717) is 44.9 Å². The van der Waals surface area contributed by atoms with Crippen LogP contribution in [0.5, 0.6) is 0 Å². The number of hydrogen-bond acceptors (Lipinski definition) is 10. The molecule has 306 valence electrons. The Kier molecular flexibility index (Phi) is 29.6. The summed E-state index contributed by atoms with van der Waals surface area (Å²) in [4.78, 5) is 53.5. The number of carbonyl (C=O) groups excluding carboxylic acids is 4. The van der Waals surface area contributed by atoms with Crippen molar-refractivity contribution in [3.8, 4) is 0 Å². The van der Waals surface area contributed by atoms with Gasteiger partial charge in [0.05, 0.1) is 0 Å². The Morgan fingerprint density at radius 3 is 1.19 bits per heavy atom. The summed E-state index contributed by atoms with van der Waals surface area (Å²) in [5.41, 5.74) is -6.52. The van der Waals surface area contributed by atoms with Crippen LogP contribution in [0, 0.1) is 0 Å². The van der Waals surface area contributed by atoms with Crippen molar-refractivity contribution in [3.63, 3.8) is 0 Å². The van der Waals surface area contributed by atoms with Crippen molar-refractivity contribution in [2.24, 2.45) is 0 Å². The van der Waals surface area contributed by atoms with Gasteiger partial charge < -0.3 is 30.3 Å². The molecule has 0 heterocycles. The lowest BCUT2D eigenvalue weighted by molar-refractivity contribution is -0.230. The standard InChI is InChI=1S/C42H78O10/c1-5-9-13-17-21-25-29-34(43)39(48)42(51,36(45)31-27-23-19-15-11-7-3)40(49)41(50,35(44)30-26-22-18-14-10-6-2)37(46)33-52-38(47)32-28-24-20-16-12-8-4/h37,39-40,46,48-51H,5-33H2,1-4H3. The summed E-state index contributed by atoms with van der Waals surface area (Å²) in [6, 6.07) is 0. The molecule has 0 aliphatic heterocycles. The molecule has 0 amide bonds. The fourth-order valence-corrected chi connectivity index (χ4v) is 6.73. The maximum atomic E-state index is 13.8. The van der Waals surface area contributed by atoms with Crippen LogP contribution >= 0.6 is 0 Å². The van der Waals surface area contributed by atoms with E-state index in [1.165, 1.54) is 0 Å². The molecule has 5 atom stereocenters. The zero-order chi connectivity index (χ0) is 39.3. The van der Waals surface area contributed by atoms with Gasteiger partial charge in [0, 0.05) is 25.7 Å². The van der Waals surface area contributed by atoms with E-state index in [-0.39, 0.29) is 25.7 Å². The van der Waals surface area contributed by atoms with E-state index < -0.39 is 59.4 Å². The summed E-state index contributed by atoms with van der Waals surface area (Å²) in [7, 11) is 0. The Hall–Kier alpha value is -1.72. The third-order valence-electron chi connectivity index (χ3n) is 10.4. The van der Waals surface area contributed by atoms with Crippen LogP contribution in [-0.4, -0.2) is 85.0 Å². The average molecular weight is 743 g/mol. The second kappa shape index (κ2) is 30.6. The third-order valence-corrected chi connectivity index (χ3v) is 10.4. The largest absolute Gasteiger partial charge is 0.463 e. The van der Waals surface area contributed by atoms with Crippen LogP contribution in [0.3, 0.4) is 0 Å². The molecule has 52 heavy (non-hydrogen) atoms. The van der Waals surface area contributed by atoms with Gasteiger partial charge in [-0.15, -0.1) is 0 Å². The summed E-state index contributed by atoms with van der Waals surface area (Å²) in [5, 5.41) is 58.4. The number of unbranched alkanes of at least 4 members (excludes halogenated alkanes) is 20. The maximum Gasteiger partial charge on any atom is 0.305 e. The van der Waals surface area contributed by atoms with Gasteiger partial charge in [0.15, 0.2) is 34.7 Å². The summed E-state index contributed by atoms with van der Waals surface area (Å²) in [6.07, 6.45) is 11.9. The Labute approximate surface area is 315 Å². The minimum atomic E-state index is -3.29. The van der Waals surface area contributed by atoms with Gasteiger partial charge in [-0.3, -0.25) is 19.2 Å². The van der Waals surface area contributed by atoms with Crippen molar-refractivity contribution < 1.29 is 49.4 Å². The van der Waals surface area contributed by atoms with Gasteiger partial charge >= 0.3 is 5.97 Å². The molecule has 0 aromatic carbocycles. The minimum absolute atomic E-state index is 0.0534. The number of hydrogen-bond donors (Lipinski definition) is 5. The fraction of sp³-hybridized carbons (Fsp3) is 0.905. The molecular weight excluding hydrogens is 664 g/mol. The van der Waals surface area contributed by atoms with Gasteiger partial charge in [0.2, 0.25) is 0 Å². The third kappa shape index (κ3) is 19.0. The molecule has 0 spiro atoms. The lowest BCUT2D eigenvalue weighted by atomic mass is 9.70. The molecule has 0 bridgehead atoms. The van der Waals surface area contributed by atoms with Crippen molar-refractivity contribution in [2.75, 3.05) is 6.61 Å². The first-order valence-corrected chi connectivity index (χ1v) is 21.1. The molecule has 0 fully saturated rings. The van der Waals surface area contributed by atoms with E-state index in [1.807, 2.05) is 0 Å². The van der Waals surface area contributed by atoms with E-state index in [2.05, 4.69) is 27.7 Å². The van der Waals surface area contributed by atoms with Gasteiger partial charge in [-0.05, 0) is 25.7 Å². The molecule has 10 heteroatoms. The first-order valence-electron chi connectivity index (χ1n) is 21.1. The highest BCUT2D eigenvalue weighted by Gasteiger charge is 2.63. The maximum absolute atomic E-state index is 13.8. The van der Waals surface area contributed by atoms with E-state index in [1.54, 1.807) is 0 Å². The Morgan fingerprint density at radius 1 is 0.462 bits per heavy atom. The van der Waals surface area contributed by atoms with Gasteiger partial charge in [-0.25, -0.2) is 0 Å². The monoisotopic (exact) mass is 743 g/mol. The lowest BCUT2D eigenvalue weighted by Crippen LogP contribution is -2.73. The Morgan fingerprint density at radius 2 is 0.788 bits per heavy atom. The van der Waals surface area contributed by atoms with Crippen LogP contribution < -0.4 is 0 Å². The number of aliphatic hydroxyl groups excluding tert-OH is 3. The topological polar surface area (TPSA) is 179 Å². The summed E-state index contributed by atoms with van der Waals surface area (Å²) in [6.45, 7) is 7.46. The lowest BCUT2D eigenvalue weighted by Gasteiger charge is -2.44. The molecule has 0 aromatic rings. The van der Waals surface area contributed by atoms with Crippen LogP contribution in [0.15, 0.2) is 0 Å². The van der Waals surface area contributed by atoms with Crippen molar-refractivity contribution >= 4 is 23.3 Å². The smallest absolute Gasteiger partial charge is 0.305 e. The van der Waals surface area contributed by atoms with Gasteiger partial charge in [0.1, 0.15) is 18.8 Å². The minimum Gasteiger partial charge on any atom is -0.463 e. The first kappa shape index (κ1) is 50.3. The number of ether oxygens (including phenoxy) is 1. The quantitative estimate of drug-likeness (QED) is 0.0312. The van der Waals surface area contributed by atoms with Crippen LogP contribution in [-0.2, 0) is 23.9 Å².